The van der Waals surface area contributed by atoms with E-state index in [0.29, 0.717) is 22.0 Å². The second-order valence-corrected chi connectivity index (χ2v) is 7.15. The number of hydrogen-bond donors (Lipinski definition) is 2. The lowest BCUT2D eigenvalue weighted by Gasteiger charge is -2.23. The number of halogens is 3. The molecule has 5 nitrogen and oxygen atoms in total. The van der Waals surface area contributed by atoms with Crippen LogP contribution in [-0.4, -0.2) is 31.3 Å². The Morgan fingerprint density at radius 2 is 1.89 bits per heavy atom. The van der Waals surface area contributed by atoms with Crippen molar-refractivity contribution in [3.05, 3.63) is 47.5 Å². The summed E-state index contributed by atoms with van der Waals surface area (Å²) in [7, 11) is 1.44. The van der Waals surface area contributed by atoms with Crippen LogP contribution >= 0.6 is 11.9 Å². The van der Waals surface area contributed by atoms with Crippen LogP contribution in [0.5, 0.6) is 5.75 Å². The third kappa shape index (κ3) is 4.46. The minimum Gasteiger partial charge on any atom is -0.496 e. The Balaban J connectivity index is 1.92. The maximum atomic E-state index is 13.2. The number of rotatable bonds is 6. The molecule has 1 aliphatic rings. The van der Waals surface area contributed by atoms with E-state index in [1.165, 1.54) is 31.4 Å². The normalized spacial score (nSPS) is 14.2. The summed E-state index contributed by atoms with van der Waals surface area (Å²) < 4.78 is 47.7. The lowest BCUT2D eigenvalue weighted by Crippen LogP contribution is -2.19. The first-order valence-electron chi connectivity index (χ1n) is 8.60. The Bertz CT molecular complexity index is 868. The number of aromatic carboxylic acids is 1. The van der Waals surface area contributed by atoms with E-state index in [4.69, 9.17) is 9.84 Å². The standard InChI is InChI=1S/C19H19F3N2O3S/c1-27-16-7-4-12(18(25)26)10-17(16)28-23-14-11-13(19(20,21)22)5-6-15(14)24-8-2-3-9-24/h4-7,10-11,23H,2-3,8-9H2,1H3,(H,25,26). The summed E-state index contributed by atoms with van der Waals surface area (Å²) in [5.41, 5.74) is 0.328. The summed E-state index contributed by atoms with van der Waals surface area (Å²) in [6.07, 6.45) is -2.48. The fourth-order valence-corrected chi connectivity index (χ4v) is 3.85. The molecule has 3 rings (SSSR count). The number of carbonyl (C=O) groups is 1. The summed E-state index contributed by atoms with van der Waals surface area (Å²) in [6.45, 7) is 1.56. The van der Waals surface area contributed by atoms with Crippen LogP contribution in [0.1, 0.15) is 28.8 Å². The first-order chi connectivity index (χ1) is 13.3. The lowest BCUT2D eigenvalue weighted by molar-refractivity contribution is -0.137. The Hall–Kier alpha value is -2.55. The fraction of sp³-hybridized carbons (Fsp3) is 0.316. The molecule has 150 valence electrons. The van der Waals surface area contributed by atoms with Gasteiger partial charge in [0.05, 0.1) is 34.5 Å². The molecule has 0 bridgehead atoms. The number of nitrogens with zero attached hydrogens (tertiary/aromatic N) is 1. The van der Waals surface area contributed by atoms with Gasteiger partial charge in [-0.2, -0.15) is 13.2 Å². The molecule has 2 aromatic rings. The van der Waals surface area contributed by atoms with Crippen molar-refractivity contribution < 1.29 is 27.8 Å². The van der Waals surface area contributed by atoms with Crippen LogP contribution in [0.2, 0.25) is 0 Å². The predicted octanol–water partition coefficient (Wildman–Crippen LogP) is 5.13. The lowest BCUT2D eigenvalue weighted by atomic mass is 10.1. The first-order valence-corrected chi connectivity index (χ1v) is 9.41. The number of alkyl halides is 3. The van der Waals surface area contributed by atoms with Crippen LogP contribution in [-0.2, 0) is 6.18 Å². The van der Waals surface area contributed by atoms with Gasteiger partial charge in [-0.1, -0.05) is 0 Å². The van der Waals surface area contributed by atoms with Crippen molar-refractivity contribution in [3.8, 4) is 5.75 Å². The van der Waals surface area contributed by atoms with Crippen molar-refractivity contribution in [1.82, 2.24) is 0 Å². The van der Waals surface area contributed by atoms with Crippen molar-refractivity contribution in [2.24, 2.45) is 0 Å². The van der Waals surface area contributed by atoms with Gasteiger partial charge >= 0.3 is 12.1 Å². The molecule has 0 spiro atoms. The topological polar surface area (TPSA) is 61.8 Å². The molecule has 1 heterocycles. The molecule has 0 saturated carbocycles. The maximum Gasteiger partial charge on any atom is 0.416 e. The van der Waals surface area contributed by atoms with Gasteiger partial charge in [-0.25, -0.2) is 4.79 Å². The second kappa shape index (κ2) is 8.22. The first kappa shape index (κ1) is 20.2. The molecule has 0 aliphatic carbocycles. The van der Waals surface area contributed by atoms with E-state index in [2.05, 4.69) is 4.72 Å². The fourth-order valence-electron chi connectivity index (χ4n) is 3.03. The number of benzene rings is 2. The highest BCUT2D eigenvalue weighted by molar-refractivity contribution is 8.00. The highest BCUT2D eigenvalue weighted by Gasteiger charge is 2.31. The zero-order chi connectivity index (χ0) is 20.3. The van der Waals surface area contributed by atoms with Gasteiger partial charge in [0.1, 0.15) is 5.75 Å². The van der Waals surface area contributed by atoms with Crippen LogP contribution in [0.25, 0.3) is 0 Å². The Morgan fingerprint density at radius 3 is 2.50 bits per heavy atom. The Kier molecular flexibility index (Phi) is 5.93. The number of anilines is 2. The highest BCUT2D eigenvalue weighted by atomic mass is 32.2. The minimum absolute atomic E-state index is 0.0638. The molecule has 9 heteroatoms. The second-order valence-electron chi connectivity index (χ2n) is 6.30. The number of ether oxygens (including phenoxy) is 1. The third-order valence-electron chi connectivity index (χ3n) is 4.45. The molecular weight excluding hydrogens is 393 g/mol. The van der Waals surface area contributed by atoms with Crippen molar-refractivity contribution in [1.29, 1.82) is 0 Å². The molecule has 0 aromatic heterocycles. The third-order valence-corrected chi connectivity index (χ3v) is 5.31. The van der Waals surface area contributed by atoms with Crippen LogP contribution in [0, 0.1) is 0 Å². The van der Waals surface area contributed by atoms with Gasteiger partial charge in [0.2, 0.25) is 0 Å². The van der Waals surface area contributed by atoms with Gasteiger partial charge < -0.3 is 19.5 Å². The van der Waals surface area contributed by atoms with E-state index < -0.39 is 17.7 Å². The maximum absolute atomic E-state index is 13.2. The van der Waals surface area contributed by atoms with Crippen molar-refractivity contribution >= 4 is 29.3 Å². The van der Waals surface area contributed by atoms with Crippen LogP contribution in [0.3, 0.4) is 0 Å². The van der Waals surface area contributed by atoms with Crippen molar-refractivity contribution in [3.63, 3.8) is 0 Å². The molecule has 0 atom stereocenters. The average Bonchev–Trinajstić information content (AvgIpc) is 3.19. The zero-order valence-corrected chi connectivity index (χ0v) is 15.9. The largest absolute Gasteiger partial charge is 0.496 e. The molecule has 1 fully saturated rings. The van der Waals surface area contributed by atoms with Crippen molar-refractivity contribution in [2.45, 2.75) is 23.9 Å². The van der Waals surface area contributed by atoms with Gasteiger partial charge in [0.25, 0.3) is 0 Å². The molecule has 2 N–H and O–H groups in total. The van der Waals surface area contributed by atoms with Gasteiger partial charge in [-0.15, -0.1) is 0 Å². The monoisotopic (exact) mass is 412 g/mol. The van der Waals surface area contributed by atoms with Gasteiger partial charge in [-0.3, -0.25) is 0 Å². The zero-order valence-electron chi connectivity index (χ0n) is 15.0. The van der Waals surface area contributed by atoms with Crippen molar-refractivity contribution in [2.75, 3.05) is 29.8 Å². The summed E-state index contributed by atoms with van der Waals surface area (Å²) in [4.78, 5) is 13.7. The Labute approximate surface area is 164 Å². The summed E-state index contributed by atoms with van der Waals surface area (Å²) in [5, 5.41) is 9.17. The van der Waals surface area contributed by atoms with Gasteiger partial charge in [0.15, 0.2) is 0 Å². The SMILES string of the molecule is COc1ccc(C(=O)O)cc1SNc1cc(C(F)(F)F)ccc1N1CCCC1. The van der Waals surface area contributed by atoms with E-state index in [9.17, 15) is 18.0 Å². The smallest absolute Gasteiger partial charge is 0.416 e. The van der Waals surface area contributed by atoms with E-state index in [1.54, 1.807) is 0 Å². The van der Waals surface area contributed by atoms with E-state index in [1.807, 2.05) is 4.90 Å². The van der Waals surface area contributed by atoms with Crippen LogP contribution in [0.4, 0.5) is 24.5 Å². The average molecular weight is 412 g/mol. The summed E-state index contributed by atoms with van der Waals surface area (Å²) in [6, 6.07) is 7.97. The molecule has 0 unspecified atom stereocenters. The quantitative estimate of drug-likeness (QED) is 0.642. The van der Waals surface area contributed by atoms with E-state index in [-0.39, 0.29) is 5.56 Å². The predicted molar refractivity (Wildman–Crippen MR) is 102 cm³/mol. The molecule has 28 heavy (non-hydrogen) atoms. The number of carboxylic acids is 1. The van der Waals surface area contributed by atoms with E-state index >= 15 is 0 Å². The summed E-state index contributed by atoms with van der Waals surface area (Å²) in [5.74, 6) is -0.668. The molecular formula is C19H19F3N2O3S. The number of methoxy groups -OCH3 is 1. The molecule has 1 aliphatic heterocycles. The molecule has 0 amide bonds. The number of carboxylic acid groups (broad SMARTS) is 1. The molecule has 0 radical (unpaired) electrons. The van der Waals surface area contributed by atoms with E-state index in [0.717, 1.165) is 50.0 Å². The highest BCUT2D eigenvalue weighted by Crippen LogP contribution is 2.39. The number of nitrogens with one attached hydrogen (secondary N) is 1. The van der Waals surface area contributed by atoms with Crippen LogP contribution in [0.15, 0.2) is 41.3 Å². The molecule has 1 saturated heterocycles. The number of hydrogen-bond acceptors (Lipinski definition) is 5. The van der Waals surface area contributed by atoms with Gasteiger partial charge in [0, 0.05) is 13.1 Å². The minimum atomic E-state index is -4.45. The van der Waals surface area contributed by atoms with Crippen LogP contribution < -0.4 is 14.4 Å². The summed E-state index contributed by atoms with van der Waals surface area (Å²) >= 11 is 1.02. The molecule has 2 aromatic carbocycles. The Morgan fingerprint density at radius 1 is 1.18 bits per heavy atom. The van der Waals surface area contributed by atoms with Gasteiger partial charge in [-0.05, 0) is 61.2 Å².